The van der Waals surface area contributed by atoms with E-state index >= 15 is 0 Å². The smallest absolute Gasteiger partial charge is 0.0459 e. The van der Waals surface area contributed by atoms with E-state index in [-0.39, 0.29) is 0 Å². The number of thiophene rings is 2. The lowest BCUT2D eigenvalue weighted by atomic mass is 9.97. The minimum atomic E-state index is -0.821. The third-order valence-electron chi connectivity index (χ3n) is 8.94. The summed E-state index contributed by atoms with van der Waals surface area (Å²) in [4.78, 5) is 0. The molecule has 0 unspecified atom stereocenters. The topological polar surface area (TPSA) is 0 Å². The van der Waals surface area contributed by atoms with Gasteiger partial charge in [-0.1, -0.05) is 133 Å². The first-order valence-electron chi connectivity index (χ1n) is 16.4. The van der Waals surface area contributed by atoms with E-state index in [4.69, 9.17) is 0 Å². The molecule has 0 spiro atoms. The third kappa shape index (κ3) is 5.66. The van der Waals surface area contributed by atoms with Gasteiger partial charge in [-0.05, 0) is 99.1 Å². The molecule has 0 aliphatic rings. The molecule has 6 aromatic carbocycles. The Morgan fingerprint density at radius 1 is 0.375 bits per heavy atom. The zero-order valence-electron chi connectivity index (χ0n) is 27.6. The van der Waals surface area contributed by atoms with Crippen LogP contribution in [0.1, 0.15) is 22.3 Å². The van der Waals surface area contributed by atoms with Gasteiger partial charge in [-0.25, -0.2) is 0 Å². The van der Waals surface area contributed by atoms with Crippen LogP contribution in [0, 0.1) is 27.7 Å². The Morgan fingerprint density at radius 3 is 0.958 bits per heavy atom. The lowest BCUT2D eigenvalue weighted by molar-refractivity contribution is 1.44. The van der Waals surface area contributed by atoms with Crippen LogP contribution in [0.5, 0.6) is 0 Å². The maximum Gasteiger partial charge on any atom is 0.0459 e. The SMILES string of the molecule is Cc1cc(C)c2c(-c3c(P(c4ccccc4)c4ccccc4)sc4cc(C)cc(C)c34)c(P(c3ccccc3)c3ccccc3)sc2c1. The first kappa shape index (κ1) is 31.4. The summed E-state index contributed by atoms with van der Waals surface area (Å²) in [5, 5.41) is 8.39. The van der Waals surface area contributed by atoms with Gasteiger partial charge >= 0.3 is 0 Å². The van der Waals surface area contributed by atoms with Gasteiger partial charge < -0.3 is 0 Å². The molecular formula is C44H36P2S2. The molecule has 0 N–H and O–H groups in total. The van der Waals surface area contributed by atoms with E-state index < -0.39 is 15.8 Å². The predicted octanol–water partition coefficient (Wildman–Crippen LogP) is 10.5. The molecule has 0 saturated carbocycles. The van der Waals surface area contributed by atoms with E-state index in [9.17, 15) is 0 Å². The highest BCUT2D eigenvalue weighted by atomic mass is 32.1. The van der Waals surface area contributed by atoms with Crippen LogP contribution in [0.15, 0.2) is 146 Å². The second-order valence-electron chi connectivity index (χ2n) is 12.5. The molecule has 48 heavy (non-hydrogen) atoms. The van der Waals surface area contributed by atoms with Gasteiger partial charge in [0.25, 0.3) is 0 Å². The zero-order chi connectivity index (χ0) is 32.8. The zero-order valence-corrected chi connectivity index (χ0v) is 31.0. The summed E-state index contributed by atoms with van der Waals surface area (Å²) in [6, 6.07) is 54.6. The fourth-order valence-corrected chi connectivity index (χ4v) is 16.2. The number of hydrogen-bond acceptors (Lipinski definition) is 2. The van der Waals surface area contributed by atoms with Crippen LogP contribution in [0.4, 0.5) is 0 Å². The molecule has 8 aromatic rings. The largest absolute Gasteiger partial charge is 0.134 e. The van der Waals surface area contributed by atoms with Gasteiger partial charge in [-0.3, -0.25) is 0 Å². The van der Waals surface area contributed by atoms with E-state index in [1.54, 1.807) is 0 Å². The van der Waals surface area contributed by atoms with Crippen LogP contribution < -0.4 is 30.5 Å². The molecule has 4 heteroatoms. The number of benzene rings is 6. The van der Waals surface area contributed by atoms with Crippen LogP contribution in [0.25, 0.3) is 31.3 Å². The lowest BCUT2D eigenvalue weighted by Crippen LogP contribution is -2.23. The maximum atomic E-state index is 2.42. The molecule has 234 valence electrons. The van der Waals surface area contributed by atoms with Crippen LogP contribution in [-0.2, 0) is 0 Å². The molecule has 0 aliphatic carbocycles. The van der Waals surface area contributed by atoms with Gasteiger partial charge in [0.15, 0.2) is 0 Å². The van der Waals surface area contributed by atoms with E-state index in [1.165, 1.54) is 84.0 Å². The minimum Gasteiger partial charge on any atom is -0.134 e. The highest BCUT2D eigenvalue weighted by molar-refractivity contribution is 7.85. The standard InChI is InChI=1S/C44H36P2S2/c1-29-25-31(3)39-37(27-29)47-43(45(33-17-9-5-10-18-33)34-19-11-6-12-20-34)41(39)42-40-32(4)26-30(2)28-38(40)48-44(42)46(35-21-13-7-14-22-35)36-23-15-8-16-24-36/h5-28H,1-4H3. The summed E-state index contributed by atoms with van der Waals surface area (Å²) in [6.45, 7) is 9.13. The molecule has 2 heterocycles. The van der Waals surface area contributed by atoms with Crippen molar-refractivity contribution in [1.82, 2.24) is 0 Å². The second-order valence-corrected chi connectivity index (χ2v) is 19.5. The van der Waals surface area contributed by atoms with Gasteiger partial charge in [-0.2, -0.15) is 0 Å². The van der Waals surface area contributed by atoms with Crippen LogP contribution in [0.2, 0.25) is 0 Å². The van der Waals surface area contributed by atoms with Gasteiger partial charge in [-0.15, -0.1) is 22.7 Å². The summed E-state index contributed by atoms with van der Waals surface area (Å²) < 4.78 is 5.75. The van der Waals surface area contributed by atoms with E-state index in [0.717, 1.165) is 0 Å². The van der Waals surface area contributed by atoms with E-state index in [2.05, 4.69) is 173 Å². The van der Waals surface area contributed by atoms with Crippen molar-refractivity contribution in [1.29, 1.82) is 0 Å². The highest BCUT2D eigenvalue weighted by Crippen LogP contribution is 2.51. The summed E-state index contributed by atoms with van der Waals surface area (Å²) in [5.74, 6) is 0. The van der Waals surface area contributed by atoms with E-state index in [1.807, 2.05) is 22.7 Å². The third-order valence-corrected chi connectivity index (χ3v) is 17.0. The Bertz CT molecular complexity index is 2120. The monoisotopic (exact) mass is 690 g/mol. The van der Waals surface area contributed by atoms with Crippen molar-refractivity contribution in [3.8, 4) is 11.1 Å². The average Bonchev–Trinajstić information content (AvgIpc) is 3.65. The normalized spacial score (nSPS) is 11.7. The Hall–Kier alpha value is -3.90. The fraction of sp³-hybridized carbons (Fsp3) is 0.0909. The highest BCUT2D eigenvalue weighted by Gasteiger charge is 2.32. The van der Waals surface area contributed by atoms with Crippen LogP contribution in [0.3, 0.4) is 0 Å². The molecule has 0 aliphatic heterocycles. The van der Waals surface area contributed by atoms with Crippen molar-refractivity contribution in [2.75, 3.05) is 0 Å². The molecule has 8 rings (SSSR count). The van der Waals surface area contributed by atoms with Gasteiger partial charge in [0, 0.05) is 40.5 Å². The first-order valence-corrected chi connectivity index (χ1v) is 20.7. The Kier molecular flexibility index (Phi) is 8.62. The Labute approximate surface area is 294 Å². The number of fused-ring (bicyclic) bond motifs is 2. The average molecular weight is 691 g/mol. The molecule has 2 aromatic heterocycles. The molecule has 0 radical (unpaired) electrons. The first-order chi connectivity index (χ1) is 23.5. The van der Waals surface area contributed by atoms with Crippen molar-refractivity contribution >= 4 is 89.1 Å². The fourth-order valence-electron chi connectivity index (χ4n) is 7.04. The van der Waals surface area contributed by atoms with Crippen molar-refractivity contribution in [2.45, 2.75) is 27.7 Å². The molecule has 0 bridgehead atoms. The van der Waals surface area contributed by atoms with Crippen molar-refractivity contribution < 1.29 is 0 Å². The lowest BCUT2D eigenvalue weighted by Gasteiger charge is -2.23. The molecule has 0 fully saturated rings. The minimum absolute atomic E-state index is 0.821. The Morgan fingerprint density at radius 2 is 0.667 bits per heavy atom. The summed E-state index contributed by atoms with van der Waals surface area (Å²) in [6.07, 6.45) is 0. The number of hydrogen-bond donors (Lipinski definition) is 0. The maximum absolute atomic E-state index is 2.42. The van der Waals surface area contributed by atoms with Gasteiger partial charge in [0.05, 0.1) is 0 Å². The van der Waals surface area contributed by atoms with E-state index in [0.29, 0.717) is 0 Å². The molecule has 0 nitrogen and oxygen atoms in total. The molecule has 0 atom stereocenters. The number of aryl methyl sites for hydroxylation is 4. The summed E-state index contributed by atoms with van der Waals surface area (Å²) >= 11 is 4.04. The van der Waals surface area contributed by atoms with Crippen LogP contribution >= 0.6 is 38.5 Å². The predicted molar refractivity (Wildman–Crippen MR) is 219 cm³/mol. The van der Waals surface area contributed by atoms with Crippen molar-refractivity contribution in [3.05, 3.63) is 168 Å². The number of rotatable bonds is 7. The second kappa shape index (κ2) is 13.2. The van der Waals surface area contributed by atoms with Crippen molar-refractivity contribution in [3.63, 3.8) is 0 Å². The van der Waals surface area contributed by atoms with Crippen LogP contribution in [-0.4, -0.2) is 0 Å². The summed E-state index contributed by atoms with van der Waals surface area (Å²) in [7, 11) is -1.64. The summed E-state index contributed by atoms with van der Waals surface area (Å²) in [5.41, 5.74) is 8.25. The quantitative estimate of drug-likeness (QED) is 0.146. The Balaban J connectivity index is 1.56. The van der Waals surface area contributed by atoms with Gasteiger partial charge in [0.2, 0.25) is 0 Å². The van der Waals surface area contributed by atoms with Gasteiger partial charge in [0.1, 0.15) is 0 Å². The molecule has 0 saturated heterocycles. The molecular weight excluding hydrogens is 655 g/mol. The molecule has 0 amide bonds. The van der Waals surface area contributed by atoms with Crippen molar-refractivity contribution in [2.24, 2.45) is 0 Å².